The van der Waals surface area contributed by atoms with Crippen molar-refractivity contribution in [3.8, 4) is 0 Å². The summed E-state index contributed by atoms with van der Waals surface area (Å²) in [5.74, 6) is -0.923. The van der Waals surface area contributed by atoms with E-state index in [-0.39, 0.29) is 24.3 Å². The van der Waals surface area contributed by atoms with E-state index in [0.29, 0.717) is 22.9 Å². The number of benzene rings is 1. The van der Waals surface area contributed by atoms with Crippen LogP contribution >= 0.6 is 11.3 Å². The van der Waals surface area contributed by atoms with Gasteiger partial charge in [0, 0.05) is 17.1 Å². The van der Waals surface area contributed by atoms with Crippen LogP contribution in [0.15, 0.2) is 24.3 Å². The number of nitrogens with zero attached hydrogens (tertiary/aromatic N) is 2. The number of methoxy groups -OCH3 is 1. The first-order valence-electron chi connectivity index (χ1n) is 9.81. The van der Waals surface area contributed by atoms with Crippen LogP contribution in [0, 0.1) is 19.8 Å². The van der Waals surface area contributed by atoms with Crippen LogP contribution < -0.4 is 10.6 Å². The molecule has 8 nitrogen and oxygen atoms in total. The lowest BCUT2D eigenvalue weighted by atomic mass is 9.97. The van der Waals surface area contributed by atoms with Gasteiger partial charge < -0.3 is 15.4 Å². The molecule has 1 aliphatic heterocycles. The highest BCUT2D eigenvalue weighted by Gasteiger charge is 2.27. The topological polar surface area (TPSA) is 101 Å². The number of anilines is 2. The van der Waals surface area contributed by atoms with Crippen LogP contribution in [-0.4, -0.2) is 54.4 Å². The maximum Gasteiger partial charge on any atom is 0.337 e. The minimum atomic E-state index is -0.452. The van der Waals surface area contributed by atoms with Crippen LogP contribution in [0.25, 0.3) is 0 Å². The highest BCUT2D eigenvalue weighted by molar-refractivity contribution is 7.15. The van der Waals surface area contributed by atoms with Crippen LogP contribution in [0.2, 0.25) is 0 Å². The smallest absolute Gasteiger partial charge is 0.337 e. The lowest BCUT2D eigenvalue weighted by Crippen LogP contribution is -2.44. The van der Waals surface area contributed by atoms with Gasteiger partial charge in [-0.2, -0.15) is 0 Å². The van der Waals surface area contributed by atoms with Crippen molar-refractivity contribution in [3.05, 3.63) is 40.4 Å². The van der Waals surface area contributed by atoms with Gasteiger partial charge in [0.2, 0.25) is 11.8 Å². The number of aryl methyl sites for hydroxylation is 2. The minimum Gasteiger partial charge on any atom is -0.465 e. The molecule has 0 saturated carbocycles. The van der Waals surface area contributed by atoms with Crippen molar-refractivity contribution in [2.24, 2.45) is 5.92 Å². The number of likely N-dealkylation sites (tertiary alicyclic amines) is 1. The van der Waals surface area contributed by atoms with Gasteiger partial charge in [-0.05, 0) is 51.4 Å². The molecule has 1 fully saturated rings. The standard InChI is InChI=1S/C21H26N4O4S/c1-13-14(2)30-21(22-13)24-18(26)12-25-9-5-7-16(11-25)19(27)23-17-8-4-6-15(10-17)20(28)29-3/h4,6,8,10,16H,5,7,9,11-12H2,1-3H3,(H,23,27)(H,22,24,26). The fraction of sp³-hybridized carbons (Fsp3) is 0.429. The molecule has 3 rings (SSSR count). The first-order valence-corrected chi connectivity index (χ1v) is 10.6. The molecule has 2 heterocycles. The predicted molar refractivity (Wildman–Crippen MR) is 116 cm³/mol. The van der Waals surface area contributed by atoms with Gasteiger partial charge in [0.15, 0.2) is 5.13 Å². The van der Waals surface area contributed by atoms with Crippen LogP contribution in [-0.2, 0) is 14.3 Å². The number of amides is 2. The van der Waals surface area contributed by atoms with E-state index in [1.807, 2.05) is 18.7 Å². The molecule has 2 aromatic rings. The van der Waals surface area contributed by atoms with Crippen molar-refractivity contribution in [1.82, 2.24) is 9.88 Å². The summed E-state index contributed by atoms with van der Waals surface area (Å²) in [5.41, 5.74) is 1.85. The molecule has 1 atom stereocenters. The number of carbonyl (C=O) groups excluding carboxylic acids is 3. The molecular formula is C21H26N4O4S. The number of thiazole rings is 1. The average Bonchev–Trinajstić information content (AvgIpc) is 3.04. The molecule has 1 aromatic carbocycles. The minimum absolute atomic E-state index is 0.117. The van der Waals surface area contributed by atoms with Crippen molar-refractivity contribution in [2.75, 3.05) is 37.4 Å². The predicted octanol–water partition coefficient (Wildman–Crippen LogP) is 2.84. The quantitative estimate of drug-likeness (QED) is 0.684. The van der Waals surface area contributed by atoms with Gasteiger partial charge in [-0.1, -0.05) is 6.07 Å². The second kappa shape index (κ2) is 9.82. The third-order valence-corrected chi connectivity index (χ3v) is 6.06. The van der Waals surface area contributed by atoms with E-state index in [4.69, 9.17) is 4.74 Å². The molecule has 9 heteroatoms. The largest absolute Gasteiger partial charge is 0.465 e. The number of aromatic nitrogens is 1. The Balaban J connectivity index is 1.54. The molecule has 1 unspecified atom stereocenters. The fourth-order valence-electron chi connectivity index (χ4n) is 3.39. The zero-order valence-electron chi connectivity index (χ0n) is 17.4. The highest BCUT2D eigenvalue weighted by atomic mass is 32.1. The normalized spacial score (nSPS) is 16.7. The van der Waals surface area contributed by atoms with Gasteiger partial charge in [-0.25, -0.2) is 9.78 Å². The number of ether oxygens (including phenoxy) is 1. The summed E-state index contributed by atoms with van der Waals surface area (Å²) in [7, 11) is 1.32. The molecule has 160 valence electrons. The number of hydrogen-bond acceptors (Lipinski definition) is 7. The third-order valence-electron chi connectivity index (χ3n) is 5.07. The highest BCUT2D eigenvalue weighted by Crippen LogP contribution is 2.22. The molecule has 0 radical (unpaired) electrons. The Morgan fingerprint density at radius 2 is 2.07 bits per heavy atom. The van der Waals surface area contributed by atoms with Crippen molar-refractivity contribution in [2.45, 2.75) is 26.7 Å². The lowest BCUT2D eigenvalue weighted by Gasteiger charge is -2.31. The molecule has 30 heavy (non-hydrogen) atoms. The monoisotopic (exact) mass is 430 g/mol. The van der Waals surface area contributed by atoms with Gasteiger partial charge in [-0.15, -0.1) is 11.3 Å². The van der Waals surface area contributed by atoms with Gasteiger partial charge in [0.1, 0.15) is 0 Å². The van der Waals surface area contributed by atoms with E-state index in [2.05, 4.69) is 15.6 Å². The molecule has 1 aromatic heterocycles. The number of carbonyl (C=O) groups is 3. The van der Waals surface area contributed by atoms with Gasteiger partial charge >= 0.3 is 5.97 Å². The van der Waals surface area contributed by atoms with Crippen molar-refractivity contribution in [1.29, 1.82) is 0 Å². The second-order valence-electron chi connectivity index (χ2n) is 7.34. The van der Waals surface area contributed by atoms with Crippen molar-refractivity contribution >= 4 is 39.9 Å². The Labute approximate surface area is 179 Å². The van der Waals surface area contributed by atoms with Crippen molar-refractivity contribution < 1.29 is 19.1 Å². The summed E-state index contributed by atoms with van der Waals surface area (Å²) in [6.45, 7) is 5.38. The van der Waals surface area contributed by atoms with E-state index < -0.39 is 5.97 Å². The number of nitrogens with one attached hydrogen (secondary N) is 2. The van der Waals surface area contributed by atoms with E-state index >= 15 is 0 Å². The molecule has 1 aliphatic rings. The average molecular weight is 431 g/mol. The fourth-order valence-corrected chi connectivity index (χ4v) is 4.22. The lowest BCUT2D eigenvalue weighted by molar-refractivity contribution is -0.123. The summed E-state index contributed by atoms with van der Waals surface area (Å²) >= 11 is 1.46. The molecule has 0 bridgehead atoms. The van der Waals surface area contributed by atoms with E-state index in [1.54, 1.807) is 24.3 Å². The molecule has 2 amide bonds. The summed E-state index contributed by atoms with van der Waals surface area (Å²) in [5, 5.41) is 6.31. The summed E-state index contributed by atoms with van der Waals surface area (Å²) in [4.78, 5) is 44.1. The van der Waals surface area contributed by atoms with E-state index in [9.17, 15) is 14.4 Å². The molecular weight excluding hydrogens is 404 g/mol. The number of esters is 1. The van der Waals surface area contributed by atoms with Gasteiger partial charge in [-0.3, -0.25) is 14.5 Å². The Bertz CT molecular complexity index is 923. The number of rotatable bonds is 6. The Hall–Kier alpha value is -2.78. The Kier molecular flexibility index (Phi) is 7.17. The first kappa shape index (κ1) is 21.9. The summed E-state index contributed by atoms with van der Waals surface area (Å²) < 4.78 is 4.71. The van der Waals surface area contributed by atoms with Crippen molar-refractivity contribution in [3.63, 3.8) is 0 Å². The molecule has 0 spiro atoms. The van der Waals surface area contributed by atoms with Crippen LogP contribution in [0.3, 0.4) is 0 Å². The maximum absolute atomic E-state index is 12.7. The van der Waals surface area contributed by atoms with Gasteiger partial charge in [0.25, 0.3) is 0 Å². The van der Waals surface area contributed by atoms with Crippen LogP contribution in [0.5, 0.6) is 0 Å². The van der Waals surface area contributed by atoms with E-state index in [0.717, 1.165) is 30.0 Å². The maximum atomic E-state index is 12.7. The summed E-state index contributed by atoms with van der Waals surface area (Å²) in [6, 6.07) is 6.65. The molecule has 2 N–H and O–H groups in total. The number of piperidine rings is 1. The summed E-state index contributed by atoms with van der Waals surface area (Å²) in [6.07, 6.45) is 1.59. The first-order chi connectivity index (χ1) is 14.4. The molecule has 0 aliphatic carbocycles. The van der Waals surface area contributed by atoms with E-state index in [1.165, 1.54) is 18.4 Å². The SMILES string of the molecule is COC(=O)c1cccc(NC(=O)C2CCCN(CC(=O)Nc3nc(C)c(C)s3)C2)c1. The number of hydrogen-bond donors (Lipinski definition) is 2. The molecule has 1 saturated heterocycles. The Morgan fingerprint density at radius 1 is 1.27 bits per heavy atom. The van der Waals surface area contributed by atoms with Crippen LogP contribution in [0.1, 0.15) is 33.8 Å². The zero-order chi connectivity index (χ0) is 21.7. The Morgan fingerprint density at radius 3 is 2.77 bits per heavy atom. The second-order valence-corrected chi connectivity index (χ2v) is 8.55. The van der Waals surface area contributed by atoms with Gasteiger partial charge in [0.05, 0.1) is 30.8 Å². The zero-order valence-corrected chi connectivity index (χ0v) is 18.2. The van der Waals surface area contributed by atoms with Crippen LogP contribution in [0.4, 0.5) is 10.8 Å². The third kappa shape index (κ3) is 5.64.